The normalized spacial score (nSPS) is 18.6. The molecule has 1 aromatic carbocycles. The molecular weight excluding hydrogens is 347 g/mol. The Hall–Kier alpha value is -2.71. The fraction of sp³-hybridized carbons (Fsp3) is 0.333. The maximum Gasteiger partial charge on any atom is 0.342 e. The predicted molar refractivity (Wildman–Crippen MR) is 93.9 cm³/mol. The van der Waals surface area contributed by atoms with Crippen LogP contribution in [0.4, 0.5) is 4.39 Å². The van der Waals surface area contributed by atoms with E-state index in [0.717, 1.165) is 6.08 Å². The van der Waals surface area contributed by atoms with Crippen LogP contribution in [0.1, 0.15) is 41.6 Å². The third-order valence-corrected chi connectivity index (χ3v) is 3.57. The molecule has 0 aromatic heterocycles. The molecule has 0 spiro atoms. The molecule has 0 aliphatic carbocycles. The molecule has 7 nitrogen and oxygen atoms in total. The van der Waals surface area contributed by atoms with Crippen LogP contribution in [0.15, 0.2) is 30.1 Å². The minimum atomic E-state index is -0.805. The van der Waals surface area contributed by atoms with Crippen LogP contribution in [0.2, 0.25) is 0 Å². The van der Waals surface area contributed by atoms with Crippen LogP contribution < -0.4 is 4.74 Å². The molecule has 0 saturated heterocycles. The van der Waals surface area contributed by atoms with Crippen molar-refractivity contribution >= 4 is 17.8 Å². The maximum atomic E-state index is 13.5. The number of ketones is 1. The first-order valence-electron chi connectivity index (χ1n) is 7.66. The number of hydrogen-bond acceptors (Lipinski definition) is 5. The van der Waals surface area contributed by atoms with E-state index in [4.69, 9.17) is 9.47 Å². The van der Waals surface area contributed by atoms with Gasteiger partial charge in [0.25, 0.3) is 0 Å². The monoisotopic (exact) mass is 370 g/mol. The van der Waals surface area contributed by atoms with Crippen LogP contribution >= 0.6 is 0 Å². The topological polar surface area (TPSA) is 136 Å². The lowest BCUT2D eigenvalue weighted by atomic mass is 10.0. The standard InChI is InChI=1S/C18H19FO5.2H2O/c1-23-13-10-12-6-3-2-4-8-15(20)14(19)7-5-9-24-18(22)17(12)16(21)11-13;;/h3,6-7,10-11,21H,2,4-5,8-9H2,1H3;2*1H2/b6-3+,14-7+;;. The summed E-state index contributed by atoms with van der Waals surface area (Å²) in [6.07, 6.45) is 5.75. The molecule has 0 unspecified atom stereocenters. The Morgan fingerprint density at radius 1 is 1.19 bits per heavy atom. The van der Waals surface area contributed by atoms with E-state index in [1.54, 1.807) is 18.2 Å². The van der Waals surface area contributed by atoms with Gasteiger partial charge in [0.15, 0.2) is 11.6 Å². The molecule has 0 fully saturated rings. The summed E-state index contributed by atoms with van der Waals surface area (Å²) in [5, 5.41) is 10.1. The summed E-state index contributed by atoms with van der Waals surface area (Å²) in [6, 6.07) is 2.94. The second-order valence-corrected chi connectivity index (χ2v) is 5.31. The van der Waals surface area contributed by atoms with Gasteiger partial charge in [0, 0.05) is 18.9 Å². The molecule has 1 aliphatic rings. The lowest BCUT2D eigenvalue weighted by Gasteiger charge is -2.11. The number of methoxy groups -OCH3 is 1. The van der Waals surface area contributed by atoms with Crippen LogP contribution in [0.5, 0.6) is 11.5 Å². The molecule has 0 saturated carbocycles. The van der Waals surface area contributed by atoms with Gasteiger partial charge >= 0.3 is 5.97 Å². The first-order chi connectivity index (χ1) is 11.5. The smallest absolute Gasteiger partial charge is 0.342 e. The van der Waals surface area contributed by atoms with Crippen molar-refractivity contribution in [2.24, 2.45) is 0 Å². The number of phenols is 1. The third kappa shape index (κ3) is 5.98. The van der Waals surface area contributed by atoms with E-state index < -0.39 is 17.6 Å². The van der Waals surface area contributed by atoms with E-state index >= 15 is 0 Å². The average molecular weight is 370 g/mol. The number of hydrogen-bond donors (Lipinski definition) is 1. The van der Waals surface area contributed by atoms with Gasteiger partial charge < -0.3 is 25.5 Å². The number of benzene rings is 1. The van der Waals surface area contributed by atoms with Crippen molar-refractivity contribution < 1.29 is 39.5 Å². The zero-order chi connectivity index (χ0) is 17.5. The number of aromatic hydroxyl groups is 1. The number of cyclic esters (lactones) is 1. The van der Waals surface area contributed by atoms with Gasteiger partial charge in [-0.1, -0.05) is 12.2 Å². The average Bonchev–Trinajstić information content (AvgIpc) is 2.56. The van der Waals surface area contributed by atoms with Crippen LogP contribution in [-0.2, 0) is 9.53 Å². The fourth-order valence-corrected chi connectivity index (χ4v) is 2.33. The van der Waals surface area contributed by atoms with Gasteiger partial charge in [-0.15, -0.1) is 0 Å². The largest absolute Gasteiger partial charge is 0.507 e. The predicted octanol–water partition coefficient (Wildman–Crippen LogP) is 1.92. The van der Waals surface area contributed by atoms with Crippen molar-refractivity contribution in [1.82, 2.24) is 0 Å². The number of fused-ring (bicyclic) bond motifs is 1. The number of rotatable bonds is 1. The third-order valence-electron chi connectivity index (χ3n) is 3.57. The first kappa shape index (κ1) is 23.3. The molecule has 8 heteroatoms. The Morgan fingerprint density at radius 2 is 1.92 bits per heavy atom. The molecule has 26 heavy (non-hydrogen) atoms. The number of allylic oxidation sites excluding steroid dienone is 2. The van der Waals surface area contributed by atoms with Gasteiger partial charge in [-0.25, -0.2) is 9.18 Å². The number of carbonyl (C=O) groups is 2. The Kier molecular flexibility index (Phi) is 9.86. The van der Waals surface area contributed by atoms with Crippen molar-refractivity contribution in [2.75, 3.05) is 13.7 Å². The van der Waals surface area contributed by atoms with Gasteiger partial charge in [-0.3, -0.25) is 4.79 Å². The highest BCUT2D eigenvalue weighted by Crippen LogP contribution is 2.30. The molecule has 2 rings (SSSR count). The van der Waals surface area contributed by atoms with Crippen molar-refractivity contribution in [1.29, 1.82) is 0 Å². The molecule has 0 bridgehead atoms. The summed E-state index contributed by atoms with van der Waals surface area (Å²) >= 11 is 0. The van der Waals surface area contributed by atoms with Gasteiger partial charge in [-0.2, -0.15) is 0 Å². The van der Waals surface area contributed by atoms with Crippen molar-refractivity contribution in [3.8, 4) is 11.5 Å². The van der Waals surface area contributed by atoms with Gasteiger partial charge in [-0.05, 0) is 30.5 Å². The van der Waals surface area contributed by atoms with Gasteiger partial charge in [0.2, 0.25) is 0 Å². The van der Waals surface area contributed by atoms with E-state index in [2.05, 4.69) is 0 Å². The van der Waals surface area contributed by atoms with Gasteiger partial charge in [0.1, 0.15) is 17.1 Å². The molecule has 0 amide bonds. The minimum Gasteiger partial charge on any atom is -0.507 e. The molecule has 144 valence electrons. The summed E-state index contributed by atoms with van der Waals surface area (Å²) < 4.78 is 23.7. The van der Waals surface area contributed by atoms with E-state index in [1.807, 2.05) is 0 Å². The summed E-state index contributed by atoms with van der Waals surface area (Å²) in [5.74, 6) is -1.91. The lowest BCUT2D eigenvalue weighted by Crippen LogP contribution is -2.09. The zero-order valence-corrected chi connectivity index (χ0v) is 14.4. The highest BCUT2D eigenvalue weighted by atomic mass is 19.1. The van der Waals surface area contributed by atoms with Crippen molar-refractivity contribution in [3.05, 3.63) is 41.2 Å². The van der Waals surface area contributed by atoms with E-state index in [9.17, 15) is 19.1 Å². The molecule has 1 heterocycles. The number of halogens is 1. The molecule has 0 radical (unpaired) electrons. The Balaban J connectivity index is 0.00000312. The van der Waals surface area contributed by atoms with Crippen LogP contribution in [0.25, 0.3) is 6.08 Å². The fourth-order valence-electron chi connectivity index (χ4n) is 2.33. The van der Waals surface area contributed by atoms with E-state index in [0.29, 0.717) is 24.2 Å². The SMILES string of the molecule is COc1cc(O)c2c(c1)/C=C/CCCC(=O)/C(F)=C\CCOC2=O.O.O. The number of ether oxygens (including phenoxy) is 2. The zero-order valence-electron chi connectivity index (χ0n) is 14.4. The van der Waals surface area contributed by atoms with Gasteiger partial charge in [0.05, 0.1) is 13.7 Å². The quantitative estimate of drug-likeness (QED) is 0.753. The van der Waals surface area contributed by atoms with Crippen molar-refractivity contribution in [2.45, 2.75) is 25.7 Å². The number of phenolic OH excluding ortho intramolecular Hbond substituents is 1. The number of Topliss-reactive ketones (excluding diaryl/α,β-unsaturated/α-hetero) is 1. The second kappa shape index (κ2) is 11.0. The van der Waals surface area contributed by atoms with E-state index in [-0.39, 0.29) is 41.7 Å². The van der Waals surface area contributed by atoms with Crippen LogP contribution in [-0.4, -0.2) is 41.5 Å². The summed E-state index contributed by atoms with van der Waals surface area (Å²) in [5.41, 5.74) is 0.492. The van der Waals surface area contributed by atoms with Crippen LogP contribution in [0, 0.1) is 0 Å². The Morgan fingerprint density at radius 3 is 2.62 bits per heavy atom. The first-order valence-corrected chi connectivity index (χ1v) is 7.66. The molecule has 0 atom stereocenters. The number of esters is 1. The van der Waals surface area contributed by atoms with Crippen LogP contribution in [0.3, 0.4) is 0 Å². The molecular formula is C18H23FO7. The Labute approximate surface area is 150 Å². The van der Waals surface area contributed by atoms with Crippen molar-refractivity contribution in [3.63, 3.8) is 0 Å². The summed E-state index contributed by atoms with van der Waals surface area (Å²) in [6.45, 7) is -0.0891. The summed E-state index contributed by atoms with van der Waals surface area (Å²) in [4.78, 5) is 23.8. The maximum absolute atomic E-state index is 13.5. The highest BCUT2D eigenvalue weighted by molar-refractivity contribution is 5.97. The molecule has 1 aliphatic heterocycles. The highest BCUT2D eigenvalue weighted by Gasteiger charge is 2.19. The molecule has 5 N–H and O–H groups in total. The minimum absolute atomic E-state index is 0. The Bertz CT molecular complexity index is 695. The summed E-state index contributed by atoms with van der Waals surface area (Å²) in [7, 11) is 1.46. The van der Waals surface area contributed by atoms with E-state index in [1.165, 1.54) is 13.2 Å². The number of carbonyl (C=O) groups excluding carboxylic acids is 2. The molecule has 1 aromatic rings. The lowest BCUT2D eigenvalue weighted by molar-refractivity contribution is -0.117. The second-order valence-electron chi connectivity index (χ2n) is 5.31.